The molecule has 0 saturated heterocycles. The van der Waals surface area contributed by atoms with Gasteiger partial charge in [0, 0.05) is 18.3 Å². The minimum Gasteiger partial charge on any atom is -0.493 e. The molecule has 0 unspecified atom stereocenters. The lowest BCUT2D eigenvalue weighted by atomic mass is 10.0. The first-order valence-corrected chi connectivity index (χ1v) is 8.75. The molecular formula is C21H22N2O4. The molecule has 1 aliphatic rings. The van der Waals surface area contributed by atoms with E-state index in [-0.39, 0.29) is 17.5 Å². The second-order valence-electron chi connectivity index (χ2n) is 6.07. The van der Waals surface area contributed by atoms with E-state index in [0.717, 1.165) is 0 Å². The number of hydrogen-bond donors (Lipinski definition) is 1. The van der Waals surface area contributed by atoms with Gasteiger partial charge < -0.3 is 14.8 Å². The Kier molecular flexibility index (Phi) is 5.45. The lowest BCUT2D eigenvalue weighted by molar-refractivity contribution is -0.136. The van der Waals surface area contributed by atoms with Gasteiger partial charge in [-0.1, -0.05) is 37.3 Å². The van der Waals surface area contributed by atoms with Crippen LogP contribution < -0.4 is 14.8 Å². The molecule has 27 heavy (non-hydrogen) atoms. The van der Waals surface area contributed by atoms with Crippen molar-refractivity contribution in [2.45, 2.75) is 13.3 Å². The highest BCUT2D eigenvalue weighted by atomic mass is 16.5. The number of carbonyl (C=O) groups is 2. The number of anilines is 1. The van der Waals surface area contributed by atoms with E-state index in [9.17, 15) is 9.59 Å². The average Bonchev–Trinajstić information content (AvgIpc) is 2.93. The molecule has 0 aromatic heterocycles. The van der Waals surface area contributed by atoms with Gasteiger partial charge in [-0.05, 0) is 24.1 Å². The predicted octanol–water partition coefficient (Wildman–Crippen LogP) is 3.31. The Hall–Kier alpha value is -3.28. The smallest absolute Gasteiger partial charge is 0.278 e. The summed E-state index contributed by atoms with van der Waals surface area (Å²) in [5.74, 6) is 0.514. The summed E-state index contributed by atoms with van der Waals surface area (Å²) in [6.45, 7) is 2.31. The fourth-order valence-electron chi connectivity index (χ4n) is 3.05. The number of rotatable bonds is 7. The van der Waals surface area contributed by atoms with Gasteiger partial charge in [0.05, 0.1) is 19.8 Å². The van der Waals surface area contributed by atoms with Crippen molar-refractivity contribution in [3.63, 3.8) is 0 Å². The zero-order valence-corrected chi connectivity index (χ0v) is 15.6. The molecule has 0 aliphatic carbocycles. The van der Waals surface area contributed by atoms with Gasteiger partial charge in [-0.15, -0.1) is 0 Å². The Labute approximate surface area is 158 Å². The monoisotopic (exact) mass is 366 g/mol. The van der Waals surface area contributed by atoms with Crippen LogP contribution in [0.4, 0.5) is 5.69 Å². The molecule has 1 aliphatic heterocycles. The molecular weight excluding hydrogens is 344 g/mol. The van der Waals surface area contributed by atoms with E-state index in [1.807, 2.05) is 37.3 Å². The zero-order valence-electron chi connectivity index (χ0n) is 15.6. The summed E-state index contributed by atoms with van der Waals surface area (Å²) in [4.78, 5) is 27.1. The van der Waals surface area contributed by atoms with Crippen LogP contribution >= 0.6 is 0 Å². The third-order valence-corrected chi connectivity index (χ3v) is 4.33. The van der Waals surface area contributed by atoms with Crippen molar-refractivity contribution in [3.8, 4) is 11.5 Å². The van der Waals surface area contributed by atoms with E-state index in [1.54, 1.807) is 32.4 Å². The van der Waals surface area contributed by atoms with Crippen LogP contribution in [0.5, 0.6) is 11.5 Å². The van der Waals surface area contributed by atoms with Crippen LogP contribution in [0.1, 0.15) is 18.9 Å². The van der Waals surface area contributed by atoms with Crippen LogP contribution in [-0.2, 0) is 9.59 Å². The zero-order chi connectivity index (χ0) is 19.4. The van der Waals surface area contributed by atoms with Crippen LogP contribution in [0.25, 0.3) is 5.57 Å². The quantitative estimate of drug-likeness (QED) is 0.762. The largest absolute Gasteiger partial charge is 0.493 e. The first kappa shape index (κ1) is 18.5. The first-order chi connectivity index (χ1) is 13.1. The molecule has 0 fully saturated rings. The number of amides is 2. The molecule has 2 aromatic carbocycles. The normalized spacial score (nSPS) is 14.0. The van der Waals surface area contributed by atoms with Crippen molar-refractivity contribution in [1.29, 1.82) is 0 Å². The Morgan fingerprint density at radius 1 is 0.926 bits per heavy atom. The van der Waals surface area contributed by atoms with E-state index >= 15 is 0 Å². The topological polar surface area (TPSA) is 67.9 Å². The summed E-state index contributed by atoms with van der Waals surface area (Å²) in [6, 6.07) is 14.5. The molecule has 0 saturated carbocycles. The van der Waals surface area contributed by atoms with Crippen molar-refractivity contribution in [2.75, 3.05) is 26.1 Å². The summed E-state index contributed by atoms with van der Waals surface area (Å²) in [5, 5.41) is 3.12. The molecule has 2 aromatic rings. The highest BCUT2D eigenvalue weighted by Crippen LogP contribution is 2.34. The minimum atomic E-state index is -0.324. The van der Waals surface area contributed by atoms with Gasteiger partial charge in [0.2, 0.25) is 0 Å². The molecule has 1 heterocycles. The predicted molar refractivity (Wildman–Crippen MR) is 104 cm³/mol. The Morgan fingerprint density at radius 3 is 2.26 bits per heavy atom. The Bertz CT molecular complexity index is 890. The molecule has 6 nitrogen and oxygen atoms in total. The molecule has 0 radical (unpaired) electrons. The van der Waals surface area contributed by atoms with E-state index < -0.39 is 0 Å². The highest BCUT2D eigenvalue weighted by Gasteiger charge is 2.38. The number of hydrogen-bond acceptors (Lipinski definition) is 5. The van der Waals surface area contributed by atoms with Gasteiger partial charge >= 0.3 is 0 Å². The lowest BCUT2D eigenvalue weighted by Crippen LogP contribution is -2.33. The molecule has 2 amide bonds. The average molecular weight is 366 g/mol. The lowest BCUT2D eigenvalue weighted by Gasteiger charge is -2.14. The van der Waals surface area contributed by atoms with Gasteiger partial charge in [-0.25, -0.2) is 0 Å². The van der Waals surface area contributed by atoms with Gasteiger partial charge in [-0.2, -0.15) is 0 Å². The summed E-state index contributed by atoms with van der Waals surface area (Å²) in [6.07, 6.45) is 0.698. The maximum atomic E-state index is 12.9. The number of nitrogens with one attached hydrogen (secondary N) is 1. The van der Waals surface area contributed by atoms with Crippen LogP contribution in [-0.4, -0.2) is 37.5 Å². The molecule has 6 heteroatoms. The maximum absolute atomic E-state index is 12.9. The number of carbonyl (C=O) groups excluding carboxylic acids is 2. The number of ether oxygens (including phenoxy) is 2. The van der Waals surface area contributed by atoms with Gasteiger partial charge in [0.25, 0.3) is 11.8 Å². The maximum Gasteiger partial charge on any atom is 0.278 e. The van der Waals surface area contributed by atoms with Crippen LogP contribution in [0.15, 0.2) is 54.2 Å². The fourth-order valence-corrected chi connectivity index (χ4v) is 3.05. The molecule has 0 spiro atoms. The molecule has 1 N–H and O–H groups in total. The van der Waals surface area contributed by atoms with Gasteiger partial charge in [0.1, 0.15) is 5.70 Å². The SMILES string of the molecule is CCCN1C(=O)C(Nc2ccc(OC)c(OC)c2)=C(c2ccccc2)C1=O. The summed E-state index contributed by atoms with van der Waals surface area (Å²) in [5.41, 5.74) is 1.99. The molecule has 140 valence electrons. The van der Waals surface area contributed by atoms with Crippen LogP contribution in [0.3, 0.4) is 0 Å². The standard InChI is InChI=1S/C21H22N2O4/c1-4-12-23-20(24)18(14-8-6-5-7-9-14)19(21(23)25)22-15-10-11-16(26-2)17(13-15)27-3/h5-11,13,22H,4,12H2,1-3H3. The number of methoxy groups -OCH3 is 2. The summed E-state index contributed by atoms with van der Waals surface area (Å²) in [7, 11) is 3.10. The third kappa shape index (κ3) is 3.51. The van der Waals surface area contributed by atoms with Crippen molar-refractivity contribution < 1.29 is 19.1 Å². The Morgan fingerprint density at radius 2 is 1.63 bits per heavy atom. The van der Waals surface area contributed by atoms with E-state index in [1.165, 1.54) is 4.90 Å². The highest BCUT2D eigenvalue weighted by molar-refractivity contribution is 6.36. The van der Waals surface area contributed by atoms with Crippen molar-refractivity contribution >= 4 is 23.1 Å². The molecule has 0 bridgehead atoms. The van der Waals surface area contributed by atoms with Crippen molar-refractivity contribution in [1.82, 2.24) is 4.90 Å². The number of nitrogens with zero attached hydrogens (tertiary/aromatic N) is 1. The fraction of sp³-hybridized carbons (Fsp3) is 0.238. The van der Waals surface area contributed by atoms with Crippen LogP contribution in [0.2, 0.25) is 0 Å². The number of imide groups is 1. The van der Waals surface area contributed by atoms with E-state index in [0.29, 0.717) is 41.3 Å². The molecule has 0 atom stereocenters. The second-order valence-corrected chi connectivity index (χ2v) is 6.07. The van der Waals surface area contributed by atoms with Crippen molar-refractivity contribution in [2.24, 2.45) is 0 Å². The first-order valence-electron chi connectivity index (χ1n) is 8.75. The van der Waals surface area contributed by atoms with Crippen LogP contribution in [0, 0.1) is 0 Å². The second kappa shape index (κ2) is 7.95. The Balaban J connectivity index is 2.04. The summed E-state index contributed by atoms with van der Waals surface area (Å²) >= 11 is 0. The third-order valence-electron chi connectivity index (χ3n) is 4.33. The van der Waals surface area contributed by atoms with Gasteiger partial charge in [0.15, 0.2) is 11.5 Å². The number of benzene rings is 2. The molecule has 3 rings (SSSR count). The van der Waals surface area contributed by atoms with Crippen molar-refractivity contribution in [3.05, 3.63) is 59.8 Å². The van der Waals surface area contributed by atoms with Gasteiger partial charge in [-0.3, -0.25) is 14.5 Å². The van der Waals surface area contributed by atoms with E-state index in [4.69, 9.17) is 9.47 Å². The summed E-state index contributed by atoms with van der Waals surface area (Å²) < 4.78 is 10.6. The minimum absolute atomic E-state index is 0.270. The van der Waals surface area contributed by atoms with E-state index in [2.05, 4.69) is 5.32 Å².